The average Bonchev–Trinajstić information content (AvgIpc) is 2.95. The Labute approximate surface area is 225 Å². The van der Waals surface area contributed by atoms with Gasteiger partial charge >= 0.3 is 11.9 Å². The van der Waals surface area contributed by atoms with Gasteiger partial charge in [0, 0.05) is 44.8 Å². The topological polar surface area (TPSA) is 129 Å². The number of carboxylic acids is 2. The first kappa shape index (κ1) is 31.0. The van der Waals surface area contributed by atoms with Crippen molar-refractivity contribution in [3.05, 3.63) is 66.2 Å². The predicted octanol–water partition coefficient (Wildman–Crippen LogP) is 2.65. The van der Waals surface area contributed by atoms with Crippen molar-refractivity contribution < 1.29 is 42.9 Å². The van der Waals surface area contributed by atoms with Gasteiger partial charge in [0.2, 0.25) is 0 Å². The van der Waals surface area contributed by atoms with Gasteiger partial charge in [-0.2, -0.15) is 0 Å². The molecule has 0 spiro atoms. The first-order chi connectivity index (χ1) is 18.8. The highest BCUT2D eigenvalue weighted by atomic mass is 19.1. The molecule has 0 saturated carbocycles. The van der Waals surface area contributed by atoms with E-state index < -0.39 is 25.3 Å². The summed E-state index contributed by atoms with van der Waals surface area (Å²) in [4.78, 5) is 35.0. The smallest absolute Gasteiger partial charge is 0.414 e. The Morgan fingerprint density at radius 1 is 0.846 bits per heavy atom. The Morgan fingerprint density at radius 2 is 1.46 bits per heavy atom. The molecule has 2 aromatic carbocycles. The van der Waals surface area contributed by atoms with Crippen LogP contribution in [0.15, 0.2) is 60.7 Å². The molecule has 0 atom stereocenters. The molecule has 2 aromatic rings. The number of alkyl halides is 2. The van der Waals surface area contributed by atoms with E-state index in [0.29, 0.717) is 17.9 Å². The summed E-state index contributed by atoms with van der Waals surface area (Å²) in [6.45, 7) is 3.83. The molecule has 1 fully saturated rings. The normalized spacial score (nSPS) is 13.3. The fourth-order valence-corrected chi connectivity index (χ4v) is 3.58. The van der Waals surface area contributed by atoms with Gasteiger partial charge < -0.3 is 29.9 Å². The van der Waals surface area contributed by atoms with Crippen molar-refractivity contribution in [3.63, 3.8) is 0 Å². The molecule has 1 heterocycles. The van der Waals surface area contributed by atoms with Crippen LogP contribution < -0.4 is 19.7 Å². The summed E-state index contributed by atoms with van der Waals surface area (Å²) in [5.41, 5.74) is 1.54. The van der Waals surface area contributed by atoms with Crippen LogP contribution in [0.1, 0.15) is 10.4 Å². The minimum atomic E-state index is -1.82. The third kappa shape index (κ3) is 11.4. The Balaban J connectivity index is 0.000000798. The monoisotopic (exact) mass is 549 g/mol. The molecule has 39 heavy (non-hydrogen) atoms. The lowest BCUT2D eigenvalue weighted by molar-refractivity contribution is -0.159. The number of piperazine rings is 1. The number of ether oxygens (including phenoxy) is 2. The van der Waals surface area contributed by atoms with Crippen LogP contribution in [0, 0.1) is 0 Å². The van der Waals surface area contributed by atoms with Gasteiger partial charge in [-0.1, -0.05) is 24.3 Å². The van der Waals surface area contributed by atoms with Gasteiger partial charge in [-0.05, 0) is 36.4 Å². The number of nitrogens with zero attached hydrogens (tertiary/aromatic N) is 2. The fraction of sp³-hybridized carbons (Fsp3) is 0.370. The second-order valence-electron chi connectivity index (χ2n) is 8.15. The van der Waals surface area contributed by atoms with Crippen LogP contribution in [0.2, 0.25) is 0 Å². The molecular formula is C27H33F2N3O7. The van der Waals surface area contributed by atoms with Crippen molar-refractivity contribution in [1.29, 1.82) is 0 Å². The van der Waals surface area contributed by atoms with Crippen LogP contribution in [0.5, 0.6) is 11.5 Å². The van der Waals surface area contributed by atoms with E-state index in [2.05, 4.69) is 21.2 Å². The molecule has 1 amide bonds. The van der Waals surface area contributed by atoms with Crippen LogP contribution >= 0.6 is 0 Å². The second-order valence-corrected chi connectivity index (χ2v) is 8.15. The fourth-order valence-electron chi connectivity index (χ4n) is 3.58. The molecule has 0 aromatic heterocycles. The number of para-hydroxylation sites is 2. The summed E-state index contributed by atoms with van der Waals surface area (Å²) >= 11 is 0. The summed E-state index contributed by atoms with van der Waals surface area (Å²) in [7, 11) is 0. The molecule has 1 aliphatic heterocycles. The summed E-state index contributed by atoms with van der Waals surface area (Å²) < 4.78 is 35.3. The third-order valence-electron chi connectivity index (χ3n) is 5.47. The van der Waals surface area contributed by atoms with E-state index in [1.807, 2.05) is 30.3 Å². The first-order valence-electron chi connectivity index (χ1n) is 12.3. The van der Waals surface area contributed by atoms with Gasteiger partial charge in [-0.3, -0.25) is 9.69 Å². The van der Waals surface area contributed by atoms with Crippen LogP contribution in [-0.2, 0) is 9.59 Å². The molecule has 0 radical (unpaired) electrons. The molecule has 3 N–H and O–H groups in total. The highest BCUT2D eigenvalue weighted by Gasteiger charge is 2.19. The zero-order chi connectivity index (χ0) is 28.5. The number of rotatable bonds is 12. The van der Waals surface area contributed by atoms with Crippen molar-refractivity contribution in [1.82, 2.24) is 10.2 Å². The number of nitrogens with one attached hydrogen (secondary N) is 1. The Bertz CT molecular complexity index is 1060. The van der Waals surface area contributed by atoms with Crippen LogP contribution in [0.25, 0.3) is 0 Å². The summed E-state index contributed by atoms with van der Waals surface area (Å²) in [6.07, 6.45) is 4.01. The van der Waals surface area contributed by atoms with Crippen molar-refractivity contribution >= 4 is 23.5 Å². The minimum absolute atomic E-state index is 0.00750. The van der Waals surface area contributed by atoms with E-state index in [9.17, 15) is 13.6 Å². The molecule has 212 valence electrons. The van der Waals surface area contributed by atoms with Gasteiger partial charge in [0.05, 0.1) is 5.69 Å². The van der Waals surface area contributed by atoms with Gasteiger partial charge in [-0.25, -0.2) is 18.4 Å². The molecule has 1 saturated heterocycles. The highest BCUT2D eigenvalue weighted by Crippen LogP contribution is 2.28. The second kappa shape index (κ2) is 17.3. The van der Waals surface area contributed by atoms with E-state index in [4.69, 9.17) is 29.3 Å². The van der Waals surface area contributed by atoms with Crippen LogP contribution in [-0.4, -0.2) is 98.8 Å². The maximum Gasteiger partial charge on any atom is 0.414 e. The van der Waals surface area contributed by atoms with Crippen molar-refractivity contribution in [2.75, 3.05) is 70.7 Å². The molecule has 10 nitrogen and oxygen atoms in total. The maximum atomic E-state index is 12.5. The number of amides is 1. The number of anilines is 1. The highest BCUT2D eigenvalue weighted by molar-refractivity contribution is 6.27. The Kier molecular flexibility index (Phi) is 13.8. The number of hydrogen-bond donors (Lipinski definition) is 3. The lowest BCUT2D eigenvalue weighted by Gasteiger charge is -2.36. The summed E-state index contributed by atoms with van der Waals surface area (Å²) in [5, 5.41) is 17.6. The Hall–Kier alpha value is -4.19. The molecule has 0 bridgehead atoms. The third-order valence-corrected chi connectivity index (χ3v) is 5.47. The molecule has 0 unspecified atom stereocenters. The van der Waals surface area contributed by atoms with Gasteiger partial charge in [0.1, 0.15) is 38.1 Å². The number of carboxylic acid groups (broad SMARTS) is 2. The quantitative estimate of drug-likeness (QED) is 0.270. The van der Waals surface area contributed by atoms with E-state index in [0.717, 1.165) is 44.2 Å². The lowest BCUT2D eigenvalue weighted by Crippen LogP contribution is -2.46. The van der Waals surface area contributed by atoms with E-state index in [1.54, 1.807) is 24.3 Å². The van der Waals surface area contributed by atoms with Gasteiger partial charge in [-0.15, -0.1) is 0 Å². The maximum absolute atomic E-state index is 12.5. The molecule has 12 heteroatoms. The predicted molar refractivity (Wildman–Crippen MR) is 141 cm³/mol. The van der Waals surface area contributed by atoms with Gasteiger partial charge in [0.25, 0.3) is 5.91 Å². The van der Waals surface area contributed by atoms with E-state index >= 15 is 0 Å². The van der Waals surface area contributed by atoms with Gasteiger partial charge in [0.15, 0.2) is 0 Å². The Morgan fingerprint density at radius 3 is 2.08 bits per heavy atom. The van der Waals surface area contributed by atoms with Crippen molar-refractivity contribution in [3.8, 4) is 11.5 Å². The summed E-state index contributed by atoms with van der Waals surface area (Å²) in [5.74, 6) is -2.55. The molecule has 1 aliphatic rings. The van der Waals surface area contributed by atoms with Crippen LogP contribution in [0.4, 0.5) is 14.5 Å². The van der Waals surface area contributed by atoms with E-state index in [-0.39, 0.29) is 19.1 Å². The largest absolute Gasteiger partial charge is 0.491 e. The minimum Gasteiger partial charge on any atom is -0.491 e. The van der Waals surface area contributed by atoms with E-state index in [1.165, 1.54) is 0 Å². The zero-order valence-electron chi connectivity index (χ0n) is 21.4. The van der Waals surface area contributed by atoms with Crippen molar-refractivity contribution in [2.24, 2.45) is 0 Å². The number of hydrogen-bond acceptors (Lipinski definition) is 7. The average molecular weight is 550 g/mol. The molecular weight excluding hydrogens is 516 g/mol. The molecule has 3 rings (SSSR count). The summed E-state index contributed by atoms with van der Waals surface area (Å²) in [6, 6.07) is 14.4. The first-order valence-corrected chi connectivity index (χ1v) is 12.3. The number of halogens is 2. The SMILES string of the molecule is O=C(NC/C=C/CN1CCN(c2ccccc2OCCF)CC1)c1ccc(OCCF)cc1.O=C(O)C(=O)O. The number of carbonyl (C=O) groups is 3. The lowest BCUT2D eigenvalue weighted by atomic mass is 10.2. The van der Waals surface area contributed by atoms with Crippen LogP contribution in [0.3, 0.4) is 0 Å². The number of carbonyl (C=O) groups excluding carboxylic acids is 1. The number of aliphatic carboxylic acids is 2. The number of benzene rings is 2. The molecule has 0 aliphatic carbocycles. The van der Waals surface area contributed by atoms with Crippen molar-refractivity contribution in [2.45, 2.75) is 0 Å². The zero-order valence-corrected chi connectivity index (χ0v) is 21.4. The standard InChI is InChI=1S/C25H31F2N3O3.C2H2O4/c26-11-19-32-22-9-7-21(8-10-22)25(31)28-13-3-4-14-29-15-17-30(18-16-29)23-5-1-2-6-24(23)33-20-12-27;3-1(4)2(5)6/h1-10H,11-20H2,(H,28,31);(H,3,4)(H,5,6)/b4-3+;.